The van der Waals surface area contributed by atoms with Crippen LogP contribution >= 0.6 is 23.2 Å². The van der Waals surface area contributed by atoms with E-state index < -0.39 is 11.9 Å². The molecule has 0 aromatic rings. The molecule has 0 saturated heterocycles. The Morgan fingerprint density at radius 2 is 1.50 bits per heavy atom. The maximum absolute atomic E-state index is 11.1. The number of esters is 2. The van der Waals surface area contributed by atoms with Crippen LogP contribution in [0.1, 0.15) is 41.0 Å². The smallest absolute Gasteiger partial charge is 0.334 e. The lowest BCUT2D eigenvalue weighted by molar-refractivity contribution is -0.149. The van der Waals surface area contributed by atoms with Crippen LogP contribution in [-0.4, -0.2) is 48.3 Å². The van der Waals surface area contributed by atoms with Crippen LogP contribution in [0.2, 0.25) is 0 Å². The zero-order valence-corrected chi connectivity index (χ0v) is 16.3. The van der Waals surface area contributed by atoms with Crippen LogP contribution in [0.25, 0.3) is 0 Å². The van der Waals surface area contributed by atoms with E-state index in [9.17, 15) is 14.4 Å². The molecular weight excluding hydrogens is 359 g/mol. The zero-order valence-electron chi connectivity index (χ0n) is 14.8. The van der Waals surface area contributed by atoms with E-state index in [1.807, 2.05) is 6.92 Å². The standard InChI is InChI=1S/C9H15ClO3.C7H11ClO3/c1-4-12-8(6-10)5-9(11)13-7(2)3;1-5(2)11-7(10)3-6(9)4-8/h5,7H,4,6H2,1-3H3;5H,3-4H2,1-2H3/b8-5+;. The van der Waals surface area contributed by atoms with Crippen LogP contribution in [0.5, 0.6) is 0 Å². The molecule has 0 radical (unpaired) electrons. The van der Waals surface area contributed by atoms with Crippen molar-refractivity contribution < 1.29 is 28.6 Å². The molecule has 0 N–H and O–H groups in total. The van der Waals surface area contributed by atoms with Crippen molar-refractivity contribution in [3.05, 3.63) is 11.8 Å². The number of Topliss-reactive ketones (excluding diaryl/α,β-unsaturated/α-hetero) is 1. The van der Waals surface area contributed by atoms with E-state index >= 15 is 0 Å². The van der Waals surface area contributed by atoms with Crippen LogP contribution in [-0.2, 0) is 28.6 Å². The molecule has 0 aliphatic heterocycles. The molecule has 0 rings (SSSR count). The second-order valence-corrected chi connectivity index (χ2v) is 5.59. The molecule has 0 fully saturated rings. The summed E-state index contributed by atoms with van der Waals surface area (Å²) in [6.07, 6.45) is 0.755. The van der Waals surface area contributed by atoms with Crippen molar-refractivity contribution in [1.29, 1.82) is 0 Å². The number of hydrogen-bond donors (Lipinski definition) is 0. The van der Waals surface area contributed by atoms with Gasteiger partial charge in [0.1, 0.15) is 12.2 Å². The summed E-state index contributed by atoms with van der Waals surface area (Å²) in [5, 5.41) is 0. The van der Waals surface area contributed by atoms with Crippen molar-refractivity contribution in [1.82, 2.24) is 0 Å². The highest BCUT2D eigenvalue weighted by atomic mass is 35.5. The summed E-state index contributed by atoms with van der Waals surface area (Å²) in [4.78, 5) is 32.4. The first-order valence-electron chi connectivity index (χ1n) is 7.53. The molecule has 0 aliphatic rings. The van der Waals surface area contributed by atoms with E-state index in [1.54, 1.807) is 27.7 Å². The number of carbonyl (C=O) groups excluding carboxylic acids is 3. The maximum Gasteiger partial charge on any atom is 0.334 e. The van der Waals surface area contributed by atoms with Gasteiger partial charge in [-0.25, -0.2) is 4.79 Å². The van der Waals surface area contributed by atoms with Crippen LogP contribution in [0.3, 0.4) is 0 Å². The number of carbonyl (C=O) groups is 3. The minimum atomic E-state index is -0.509. The first-order chi connectivity index (χ1) is 11.2. The third-order valence-corrected chi connectivity index (χ3v) is 2.51. The Balaban J connectivity index is 0. The molecule has 0 unspecified atom stereocenters. The minimum absolute atomic E-state index is 0.123. The summed E-state index contributed by atoms with van der Waals surface area (Å²) in [5.74, 6) is -0.745. The molecule has 0 aliphatic carbocycles. The van der Waals surface area contributed by atoms with Gasteiger partial charge in [-0.15, -0.1) is 23.2 Å². The number of hydrogen-bond acceptors (Lipinski definition) is 6. The highest BCUT2D eigenvalue weighted by Gasteiger charge is 2.10. The zero-order chi connectivity index (χ0) is 19.1. The monoisotopic (exact) mass is 384 g/mol. The molecule has 6 nitrogen and oxygen atoms in total. The second-order valence-electron chi connectivity index (χ2n) is 5.05. The lowest BCUT2D eigenvalue weighted by Crippen LogP contribution is -2.15. The van der Waals surface area contributed by atoms with E-state index in [4.69, 9.17) is 37.4 Å². The van der Waals surface area contributed by atoms with Gasteiger partial charge in [-0.3, -0.25) is 9.59 Å². The molecule has 24 heavy (non-hydrogen) atoms. The summed E-state index contributed by atoms with van der Waals surface area (Å²) in [6.45, 7) is 9.34. The van der Waals surface area contributed by atoms with Gasteiger partial charge in [-0.05, 0) is 34.6 Å². The predicted octanol–water partition coefficient (Wildman–Crippen LogP) is 3.23. The van der Waals surface area contributed by atoms with E-state index in [2.05, 4.69) is 0 Å². The second kappa shape index (κ2) is 15.3. The first-order valence-corrected chi connectivity index (χ1v) is 8.60. The van der Waals surface area contributed by atoms with Crippen molar-refractivity contribution in [3.63, 3.8) is 0 Å². The number of halogens is 2. The summed E-state index contributed by atoms with van der Waals surface area (Å²) in [6, 6.07) is 0. The number of allylic oxidation sites excluding steroid dienone is 1. The Hall–Kier alpha value is -1.27. The Morgan fingerprint density at radius 1 is 0.958 bits per heavy atom. The highest BCUT2D eigenvalue weighted by molar-refractivity contribution is 6.28. The number of ketones is 1. The van der Waals surface area contributed by atoms with E-state index in [-0.39, 0.29) is 36.2 Å². The quantitative estimate of drug-likeness (QED) is 0.199. The van der Waals surface area contributed by atoms with Gasteiger partial charge in [0.05, 0.1) is 36.7 Å². The molecule has 0 atom stereocenters. The highest BCUT2D eigenvalue weighted by Crippen LogP contribution is 2.02. The summed E-state index contributed by atoms with van der Waals surface area (Å²) in [7, 11) is 0. The van der Waals surface area contributed by atoms with Gasteiger partial charge in [-0.1, -0.05) is 0 Å². The average molecular weight is 385 g/mol. The van der Waals surface area contributed by atoms with Crippen LogP contribution in [0.15, 0.2) is 11.8 Å². The van der Waals surface area contributed by atoms with Gasteiger partial charge in [0.2, 0.25) is 0 Å². The molecule has 0 saturated carbocycles. The molecule has 140 valence electrons. The predicted molar refractivity (Wildman–Crippen MR) is 93.2 cm³/mol. The summed E-state index contributed by atoms with van der Waals surface area (Å²) >= 11 is 10.7. The van der Waals surface area contributed by atoms with Crippen molar-refractivity contribution >= 4 is 40.9 Å². The van der Waals surface area contributed by atoms with Gasteiger partial charge < -0.3 is 14.2 Å². The van der Waals surface area contributed by atoms with E-state index in [0.717, 1.165) is 0 Å². The van der Waals surface area contributed by atoms with Gasteiger partial charge in [0.25, 0.3) is 0 Å². The third-order valence-electron chi connectivity index (χ3n) is 1.95. The molecule has 0 aromatic carbocycles. The molecule has 0 heterocycles. The lowest BCUT2D eigenvalue weighted by atomic mass is 10.3. The Labute approximate surface area is 153 Å². The SMILES string of the molecule is CC(C)OC(=O)CC(=O)CCl.CCO/C(=C/C(=O)OC(C)C)CCl. The maximum atomic E-state index is 11.1. The molecule has 0 bridgehead atoms. The summed E-state index contributed by atoms with van der Waals surface area (Å²) in [5.41, 5.74) is 0. The van der Waals surface area contributed by atoms with E-state index in [0.29, 0.717) is 12.4 Å². The minimum Gasteiger partial charge on any atom is -0.497 e. The average Bonchev–Trinajstić information content (AvgIpc) is 2.45. The first kappa shape index (κ1) is 25.0. The van der Waals surface area contributed by atoms with Gasteiger partial charge in [-0.2, -0.15) is 0 Å². The van der Waals surface area contributed by atoms with Crippen molar-refractivity contribution in [2.75, 3.05) is 18.4 Å². The number of ether oxygens (including phenoxy) is 3. The van der Waals surface area contributed by atoms with Crippen molar-refractivity contribution in [2.45, 2.75) is 53.2 Å². The fourth-order valence-corrected chi connectivity index (χ4v) is 1.46. The lowest BCUT2D eigenvalue weighted by Gasteiger charge is -2.07. The fourth-order valence-electron chi connectivity index (χ4n) is 1.21. The Morgan fingerprint density at radius 3 is 1.88 bits per heavy atom. The largest absolute Gasteiger partial charge is 0.497 e. The van der Waals surface area contributed by atoms with Crippen molar-refractivity contribution in [2.24, 2.45) is 0 Å². The van der Waals surface area contributed by atoms with E-state index in [1.165, 1.54) is 6.08 Å². The van der Waals surface area contributed by atoms with Crippen LogP contribution in [0, 0.1) is 0 Å². The molecule has 0 aromatic heterocycles. The van der Waals surface area contributed by atoms with Gasteiger partial charge in [0, 0.05) is 0 Å². The van der Waals surface area contributed by atoms with Crippen LogP contribution in [0.4, 0.5) is 0 Å². The molecule has 0 amide bonds. The van der Waals surface area contributed by atoms with Crippen LogP contribution < -0.4 is 0 Å². The topological polar surface area (TPSA) is 78.9 Å². The third kappa shape index (κ3) is 17.1. The molecule has 8 heteroatoms. The number of rotatable bonds is 9. The Bertz CT molecular complexity index is 419. The van der Waals surface area contributed by atoms with Crippen molar-refractivity contribution in [3.8, 4) is 0 Å². The van der Waals surface area contributed by atoms with Gasteiger partial charge in [0.15, 0.2) is 5.78 Å². The normalized spacial score (nSPS) is 10.8. The fraction of sp³-hybridized carbons (Fsp3) is 0.688. The molecular formula is C16H26Cl2O6. The Kier molecular flexibility index (Phi) is 15.9. The summed E-state index contributed by atoms with van der Waals surface area (Å²) < 4.78 is 14.7. The number of alkyl halides is 2. The van der Waals surface area contributed by atoms with Gasteiger partial charge >= 0.3 is 11.9 Å². The molecule has 0 spiro atoms.